The Labute approximate surface area is 123 Å². The molecular weight excluding hydrogens is 331 g/mol. The zero-order chi connectivity index (χ0) is 14.7. The third kappa shape index (κ3) is 3.41. The number of likely N-dealkylation sites (N-methyl/N-ethyl adjacent to an activating group) is 1. The topological polar surface area (TPSA) is 12.0 Å². The summed E-state index contributed by atoms with van der Waals surface area (Å²) in [7, 11) is 1.74. The SMILES string of the molecule is CNC(Cc1ccc(F)cc1F)c1ccc(F)c(Br)c1. The predicted molar refractivity (Wildman–Crippen MR) is 76.0 cm³/mol. The van der Waals surface area contributed by atoms with Gasteiger partial charge in [-0.25, -0.2) is 13.2 Å². The molecule has 2 aromatic rings. The molecule has 0 amide bonds. The van der Waals surface area contributed by atoms with Gasteiger partial charge in [0.2, 0.25) is 0 Å². The van der Waals surface area contributed by atoms with Gasteiger partial charge in [-0.1, -0.05) is 12.1 Å². The summed E-state index contributed by atoms with van der Waals surface area (Å²) >= 11 is 3.13. The van der Waals surface area contributed by atoms with E-state index in [4.69, 9.17) is 0 Å². The molecule has 5 heteroatoms. The van der Waals surface area contributed by atoms with Crippen molar-refractivity contribution in [2.45, 2.75) is 12.5 Å². The van der Waals surface area contributed by atoms with Crippen molar-refractivity contribution in [2.24, 2.45) is 0 Å². The quantitative estimate of drug-likeness (QED) is 0.869. The van der Waals surface area contributed by atoms with Crippen LogP contribution in [0.2, 0.25) is 0 Å². The molecule has 20 heavy (non-hydrogen) atoms. The van der Waals surface area contributed by atoms with Gasteiger partial charge in [0.25, 0.3) is 0 Å². The van der Waals surface area contributed by atoms with Gasteiger partial charge in [-0.05, 0) is 58.7 Å². The van der Waals surface area contributed by atoms with Crippen molar-refractivity contribution in [1.82, 2.24) is 5.32 Å². The first-order valence-corrected chi connectivity index (χ1v) is 6.86. The number of benzene rings is 2. The highest BCUT2D eigenvalue weighted by Gasteiger charge is 2.14. The molecule has 0 bridgehead atoms. The molecule has 1 N–H and O–H groups in total. The van der Waals surface area contributed by atoms with E-state index in [0.29, 0.717) is 16.5 Å². The van der Waals surface area contributed by atoms with Crippen LogP contribution in [-0.2, 0) is 6.42 Å². The van der Waals surface area contributed by atoms with Gasteiger partial charge in [0, 0.05) is 12.1 Å². The lowest BCUT2D eigenvalue weighted by atomic mass is 9.98. The molecule has 2 aromatic carbocycles. The van der Waals surface area contributed by atoms with Crippen LogP contribution < -0.4 is 5.32 Å². The molecule has 0 heterocycles. The summed E-state index contributed by atoms with van der Waals surface area (Å²) in [5.41, 5.74) is 1.23. The number of rotatable bonds is 4. The molecule has 1 nitrogen and oxygen atoms in total. The Kier molecular flexibility index (Phi) is 4.83. The molecule has 0 aliphatic rings. The van der Waals surface area contributed by atoms with Crippen LogP contribution in [0.25, 0.3) is 0 Å². The van der Waals surface area contributed by atoms with E-state index in [2.05, 4.69) is 21.2 Å². The van der Waals surface area contributed by atoms with Crippen LogP contribution in [0.3, 0.4) is 0 Å². The molecule has 106 valence electrons. The van der Waals surface area contributed by atoms with E-state index in [0.717, 1.165) is 11.6 Å². The lowest BCUT2D eigenvalue weighted by Gasteiger charge is -2.17. The Morgan fingerprint density at radius 3 is 2.40 bits per heavy atom. The molecule has 0 saturated heterocycles. The van der Waals surface area contributed by atoms with Gasteiger partial charge in [0.15, 0.2) is 0 Å². The van der Waals surface area contributed by atoms with E-state index in [9.17, 15) is 13.2 Å². The van der Waals surface area contributed by atoms with Gasteiger partial charge in [-0.3, -0.25) is 0 Å². The second kappa shape index (κ2) is 6.41. The Morgan fingerprint density at radius 2 is 1.80 bits per heavy atom. The Bertz CT molecular complexity index is 616. The van der Waals surface area contributed by atoms with Gasteiger partial charge < -0.3 is 5.32 Å². The molecule has 2 rings (SSSR count). The fourth-order valence-electron chi connectivity index (χ4n) is 2.02. The molecular formula is C15H13BrF3N. The van der Waals surface area contributed by atoms with Crippen LogP contribution in [0.1, 0.15) is 17.2 Å². The average molecular weight is 344 g/mol. The van der Waals surface area contributed by atoms with Crippen LogP contribution in [-0.4, -0.2) is 7.05 Å². The molecule has 0 saturated carbocycles. The van der Waals surface area contributed by atoms with Gasteiger partial charge in [0.1, 0.15) is 17.5 Å². The molecule has 0 aliphatic carbocycles. The third-order valence-corrected chi connectivity index (χ3v) is 3.74. The van der Waals surface area contributed by atoms with Gasteiger partial charge >= 0.3 is 0 Å². The monoisotopic (exact) mass is 343 g/mol. The van der Waals surface area contributed by atoms with Gasteiger partial charge in [-0.2, -0.15) is 0 Å². The second-order valence-corrected chi connectivity index (χ2v) is 5.31. The smallest absolute Gasteiger partial charge is 0.137 e. The van der Waals surface area contributed by atoms with E-state index < -0.39 is 11.6 Å². The zero-order valence-electron chi connectivity index (χ0n) is 10.8. The van der Waals surface area contributed by atoms with Crippen LogP contribution >= 0.6 is 15.9 Å². The zero-order valence-corrected chi connectivity index (χ0v) is 12.3. The second-order valence-electron chi connectivity index (χ2n) is 4.45. The molecule has 1 unspecified atom stereocenters. The minimum atomic E-state index is -0.600. The summed E-state index contributed by atoms with van der Waals surface area (Å²) in [5.74, 6) is -1.53. The van der Waals surface area contributed by atoms with E-state index >= 15 is 0 Å². The molecule has 0 spiro atoms. The largest absolute Gasteiger partial charge is 0.313 e. The molecule has 1 atom stereocenters. The summed E-state index contributed by atoms with van der Waals surface area (Å²) in [6.07, 6.45) is 0.348. The van der Waals surface area contributed by atoms with Crippen molar-refractivity contribution >= 4 is 15.9 Å². The number of halogens is 4. The fraction of sp³-hybridized carbons (Fsp3) is 0.200. The molecule has 0 aromatic heterocycles. The van der Waals surface area contributed by atoms with Crippen LogP contribution in [0.5, 0.6) is 0 Å². The predicted octanol–water partition coefficient (Wildman–Crippen LogP) is 4.37. The van der Waals surface area contributed by atoms with Gasteiger partial charge in [-0.15, -0.1) is 0 Å². The van der Waals surface area contributed by atoms with E-state index in [1.807, 2.05) is 0 Å². The fourth-order valence-corrected chi connectivity index (χ4v) is 2.42. The molecule has 0 aliphatic heterocycles. The number of nitrogens with one attached hydrogen (secondary N) is 1. The molecule has 0 fully saturated rings. The highest BCUT2D eigenvalue weighted by atomic mass is 79.9. The van der Waals surface area contributed by atoms with Crippen LogP contribution in [0, 0.1) is 17.5 Å². The normalized spacial score (nSPS) is 12.4. The first-order chi connectivity index (χ1) is 9.51. The van der Waals surface area contributed by atoms with E-state index in [-0.39, 0.29) is 11.9 Å². The highest BCUT2D eigenvalue weighted by Crippen LogP contribution is 2.24. The Morgan fingerprint density at radius 1 is 1.05 bits per heavy atom. The van der Waals surface area contributed by atoms with E-state index in [1.165, 1.54) is 18.2 Å². The van der Waals surface area contributed by atoms with Crippen LogP contribution in [0.15, 0.2) is 40.9 Å². The summed E-state index contributed by atoms with van der Waals surface area (Å²) in [6, 6.07) is 7.97. The lowest BCUT2D eigenvalue weighted by molar-refractivity contribution is 0.539. The van der Waals surface area contributed by atoms with Crippen molar-refractivity contribution in [3.8, 4) is 0 Å². The van der Waals surface area contributed by atoms with Gasteiger partial charge in [0.05, 0.1) is 4.47 Å². The van der Waals surface area contributed by atoms with Crippen molar-refractivity contribution in [3.05, 3.63) is 69.4 Å². The van der Waals surface area contributed by atoms with Crippen molar-refractivity contribution in [1.29, 1.82) is 0 Å². The number of hydrogen-bond acceptors (Lipinski definition) is 1. The maximum absolute atomic E-state index is 13.7. The highest BCUT2D eigenvalue weighted by molar-refractivity contribution is 9.10. The first kappa shape index (κ1) is 15.1. The minimum absolute atomic E-state index is 0.188. The minimum Gasteiger partial charge on any atom is -0.313 e. The number of hydrogen-bond donors (Lipinski definition) is 1. The van der Waals surface area contributed by atoms with Crippen LogP contribution in [0.4, 0.5) is 13.2 Å². The summed E-state index contributed by atoms with van der Waals surface area (Å²) in [5, 5.41) is 3.05. The summed E-state index contributed by atoms with van der Waals surface area (Å²) in [4.78, 5) is 0. The first-order valence-electron chi connectivity index (χ1n) is 6.07. The maximum Gasteiger partial charge on any atom is 0.137 e. The summed E-state index contributed by atoms with van der Waals surface area (Å²) < 4.78 is 40.1. The Hall–Kier alpha value is -1.33. The standard InChI is InChI=1S/C15H13BrF3N/c1-20-15(10-3-5-13(18)12(16)6-10)7-9-2-4-11(17)8-14(9)19/h2-6,8,15,20H,7H2,1H3. The Balaban J connectivity index is 2.26. The molecule has 0 radical (unpaired) electrons. The lowest BCUT2D eigenvalue weighted by Crippen LogP contribution is -2.19. The van der Waals surface area contributed by atoms with Crippen molar-refractivity contribution in [2.75, 3.05) is 7.05 Å². The van der Waals surface area contributed by atoms with E-state index in [1.54, 1.807) is 19.2 Å². The maximum atomic E-state index is 13.7. The van der Waals surface area contributed by atoms with Crippen molar-refractivity contribution < 1.29 is 13.2 Å². The average Bonchev–Trinajstić information content (AvgIpc) is 2.41. The van der Waals surface area contributed by atoms with Crippen molar-refractivity contribution in [3.63, 3.8) is 0 Å². The summed E-state index contributed by atoms with van der Waals surface area (Å²) in [6.45, 7) is 0. The third-order valence-electron chi connectivity index (χ3n) is 3.13.